The summed E-state index contributed by atoms with van der Waals surface area (Å²) < 4.78 is 6.95. The van der Waals surface area contributed by atoms with Crippen molar-refractivity contribution in [3.05, 3.63) is 47.0 Å². The first-order chi connectivity index (χ1) is 12.7. The number of hydrogen-bond acceptors (Lipinski definition) is 6. The number of ether oxygens (including phenoxy) is 1. The molecule has 0 saturated carbocycles. The quantitative estimate of drug-likeness (QED) is 0.872. The number of piperidine rings is 1. The highest BCUT2D eigenvalue weighted by atomic mass is 16.5. The lowest BCUT2D eigenvalue weighted by Crippen LogP contribution is -2.47. The van der Waals surface area contributed by atoms with Gasteiger partial charge in [0.15, 0.2) is 0 Å². The molecule has 2 atom stereocenters. The molecule has 7 nitrogen and oxygen atoms in total. The molecule has 0 aliphatic carbocycles. The van der Waals surface area contributed by atoms with Crippen molar-refractivity contribution in [1.29, 1.82) is 0 Å². The smallest absolute Gasteiger partial charge is 0.266 e. The first-order valence-electron chi connectivity index (χ1n) is 9.19. The summed E-state index contributed by atoms with van der Waals surface area (Å²) in [5.74, 6) is 0.420. The number of aromatic nitrogens is 3. The minimum Gasteiger partial charge on any atom is -0.389 e. The van der Waals surface area contributed by atoms with E-state index in [9.17, 15) is 9.90 Å². The molecular weight excluding hydrogens is 332 g/mol. The van der Waals surface area contributed by atoms with E-state index in [1.54, 1.807) is 29.2 Å². The minimum atomic E-state index is -0.382. The molecule has 0 amide bonds. The summed E-state index contributed by atoms with van der Waals surface area (Å²) in [5, 5.41) is 14.5. The summed E-state index contributed by atoms with van der Waals surface area (Å²) in [4.78, 5) is 18.6. The SMILES string of the molecule is O=c1ccc(-c2ccncc2)nn1CC1CCN(C2COCC2O)CC1. The van der Waals surface area contributed by atoms with E-state index in [1.807, 2.05) is 12.1 Å². The Bertz CT molecular complexity index is 787. The third-order valence-electron chi connectivity index (χ3n) is 5.41. The van der Waals surface area contributed by atoms with E-state index in [-0.39, 0.29) is 17.7 Å². The monoisotopic (exact) mass is 356 g/mol. The summed E-state index contributed by atoms with van der Waals surface area (Å²) in [6.45, 7) is 3.53. The van der Waals surface area contributed by atoms with E-state index in [0.717, 1.165) is 37.2 Å². The lowest BCUT2D eigenvalue weighted by molar-refractivity contribution is 0.0557. The Morgan fingerprint density at radius 3 is 2.58 bits per heavy atom. The third kappa shape index (κ3) is 3.70. The van der Waals surface area contributed by atoms with Crippen molar-refractivity contribution in [2.45, 2.75) is 31.5 Å². The fourth-order valence-corrected chi connectivity index (χ4v) is 3.85. The zero-order chi connectivity index (χ0) is 17.9. The van der Waals surface area contributed by atoms with E-state index in [2.05, 4.69) is 15.0 Å². The number of nitrogens with zero attached hydrogens (tertiary/aromatic N) is 4. The predicted octanol–water partition coefficient (Wildman–Crippen LogP) is 0.777. The molecule has 2 aliphatic rings. The van der Waals surface area contributed by atoms with Gasteiger partial charge in [-0.05, 0) is 50.0 Å². The van der Waals surface area contributed by atoms with Gasteiger partial charge in [-0.15, -0.1) is 0 Å². The van der Waals surface area contributed by atoms with Gasteiger partial charge in [-0.25, -0.2) is 4.68 Å². The summed E-state index contributed by atoms with van der Waals surface area (Å²) in [6, 6.07) is 7.25. The molecule has 2 fully saturated rings. The lowest BCUT2D eigenvalue weighted by atomic mass is 9.95. The molecule has 2 aromatic rings. The van der Waals surface area contributed by atoms with Crippen molar-refractivity contribution in [2.75, 3.05) is 26.3 Å². The van der Waals surface area contributed by atoms with Crippen molar-refractivity contribution in [1.82, 2.24) is 19.7 Å². The molecule has 0 radical (unpaired) electrons. The second-order valence-corrected chi connectivity index (χ2v) is 7.13. The number of hydrogen-bond donors (Lipinski definition) is 1. The van der Waals surface area contributed by atoms with Gasteiger partial charge in [0.25, 0.3) is 5.56 Å². The van der Waals surface area contributed by atoms with Gasteiger partial charge >= 0.3 is 0 Å². The Kier molecular flexibility index (Phi) is 5.10. The van der Waals surface area contributed by atoms with Crippen LogP contribution in [0.1, 0.15) is 12.8 Å². The molecule has 138 valence electrons. The fourth-order valence-electron chi connectivity index (χ4n) is 3.85. The number of aliphatic hydroxyl groups excluding tert-OH is 1. The molecule has 4 heterocycles. The maximum atomic E-state index is 12.2. The van der Waals surface area contributed by atoms with Crippen molar-refractivity contribution >= 4 is 0 Å². The Labute approximate surface area is 152 Å². The van der Waals surface area contributed by atoms with Crippen LogP contribution in [0.3, 0.4) is 0 Å². The van der Waals surface area contributed by atoms with Gasteiger partial charge in [-0.1, -0.05) is 0 Å². The van der Waals surface area contributed by atoms with Crippen LogP contribution in [0.15, 0.2) is 41.5 Å². The van der Waals surface area contributed by atoms with Crippen molar-refractivity contribution in [2.24, 2.45) is 5.92 Å². The molecule has 0 spiro atoms. The molecule has 1 N–H and O–H groups in total. The zero-order valence-electron chi connectivity index (χ0n) is 14.7. The first kappa shape index (κ1) is 17.3. The van der Waals surface area contributed by atoms with Crippen molar-refractivity contribution in [3.8, 4) is 11.3 Å². The number of likely N-dealkylation sites (tertiary alicyclic amines) is 1. The van der Waals surface area contributed by atoms with Gasteiger partial charge in [0.05, 0.1) is 31.1 Å². The average Bonchev–Trinajstić information content (AvgIpc) is 3.11. The fraction of sp³-hybridized carbons (Fsp3) is 0.526. The standard InChI is InChI=1S/C19H24N4O3/c24-18-13-26-12-17(18)22-9-5-14(6-10-22)11-23-19(25)2-1-16(21-23)15-3-7-20-8-4-15/h1-4,7-8,14,17-18,24H,5-6,9-13H2. The zero-order valence-corrected chi connectivity index (χ0v) is 14.7. The first-order valence-corrected chi connectivity index (χ1v) is 9.19. The molecule has 0 aromatic carbocycles. The highest BCUT2D eigenvalue weighted by Gasteiger charge is 2.33. The Morgan fingerprint density at radius 2 is 1.88 bits per heavy atom. The predicted molar refractivity (Wildman–Crippen MR) is 96.6 cm³/mol. The molecule has 7 heteroatoms. The Balaban J connectivity index is 1.41. The Hall–Kier alpha value is -2.09. The molecule has 4 rings (SSSR count). The summed E-state index contributed by atoms with van der Waals surface area (Å²) in [7, 11) is 0. The highest BCUT2D eigenvalue weighted by molar-refractivity contribution is 5.56. The van der Waals surface area contributed by atoms with Gasteiger partial charge in [-0.3, -0.25) is 14.7 Å². The van der Waals surface area contributed by atoms with Crippen LogP contribution < -0.4 is 5.56 Å². The molecule has 0 bridgehead atoms. The van der Waals surface area contributed by atoms with Gasteiger partial charge in [0.2, 0.25) is 0 Å². The van der Waals surface area contributed by atoms with E-state index in [1.165, 1.54) is 0 Å². The van der Waals surface area contributed by atoms with Gasteiger partial charge in [0, 0.05) is 30.6 Å². The third-order valence-corrected chi connectivity index (χ3v) is 5.41. The van der Waals surface area contributed by atoms with Crippen LogP contribution in [-0.2, 0) is 11.3 Å². The largest absolute Gasteiger partial charge is 0.389 e. The van der Waals surface area contributed by atoms with Crippen LogP contribution in [0, 0.1) is 5.92 Å². The van der Waals surface area contributed by atoms with Gasteiger partial charge < -0.3 is 9.84 Å². The molecule has 2 unspecified atom stereocenters. The van der Waals surface area contributed by atoms with Crippen molar-refractivity contribution < 1.29 is 9.84 Å². The normalized spacial score (nSPS) is 24.8. The second kappa shape index (κ2) is 7.65. The van der Waals surface area contributed by atoms with E-state index in [0.29, 0.717) is 25.7 Å². The summed E-state index contributed by atoms with van der Waals surface area (Å²) in [6.07, 6.45) is 5.06. The molecule has 26 heavy (non-hydrogen) atoms. The van der Waals surface area contributed by atoms with Crippen LogP contribution >= 0.6 is 0 Å². The van der Waals surface area contributed by atoms with E-state index < -0.39 is 0 Å². The lowest BCUT2D eigenvalue weighted by Gasteiger charge is -2.36. The summed E-state index contributed by atoms with van der Waals surface area (Å²) in [5.41, 5.74) is 1.68. The second-order valence-electron chi connectivity index (χ2n) is 7.13. The van der Waals surface area contributed by atoms with Gasteiger partial charge in [0.1, 0.15) is 0 Å². The molecule has 2 saturated heterocycles. The van der Waals surface area contributed by atoms with Crippen LogP contribution in [0.5, 0.6) is 0 Å². The van der Waals surface area contributed by atoms with E-state index >= 15 is 0 Å². The molecule has 2 aliphatic heterocycles. The van der Waals surface area contributed by atoms with Crippen LogP contribution in [-0.4, -0.2) is 63.2 Å². The number of aliphatic hydroxyl groups is 1. The molecule has 2 aromatic heterocycles. The average molecular weight is 356 g/mol. The molecular formula is C19H24N4O3. The maximum Gasteiger partial charge on any atom is 0.266 e. The topological polar surface area (TPSA) is 80.5 Å². The Morgan fingerprint density at radius 1 is 1.12 bits per heavy atom. The van der Waals surface area contributed by atoms with Gasteiger partial charge in [-0.2, -0.15) is 5.10 Å². The van der Waals surface area contributed by atoms with Crippen LogP contribution in [0.4, 0.5) is 0 Å². The number of pyridine rings is 1. The maximum absolute atomic E-state index is 12.2. The summed E-state index contributed by atoms with van der Waals surface area (Å²) >= 11 is 0. The highest BCUT2D eigenvalue weighted by Crippen LogP contribution is 2.23. The van der Waals surface area contributed by atoms with E-state index in [4.69, 9.17) is 4.74 Å². The van der Waals surface area contributed by atoms with Crippen LogP contribution in [0.25, 0.3) is 11.3 Å². The van der Waals surface area contributed by atoms with Crippen LogP contribution in [0.2, 0.25) is 0 Å². The minimum absolute atomic E-state index is 0.0650. The number of rotatable bonds is 4. The van der Waals surface area contributed by atoms with Crippen molar-refractivity contribution in [3.63, 3.8) is 0 Å².